The molecule has 3 aromatic heterocycles. The van der Waals surface area contributed by atoms with Crippen molar-refractivity contribution in [3.05, 3.63) is 214 Å². The number of aromatic hydroxyl groups is 1. The lowest BCUT2D eigenvalue weighted by molar-refractivity contribution is -0.114. The Labute approximate surface area is 487 Å². The van der Waals surface area contributed by atoms with Gasteiger partial charge in [-0.1, -0.05) is 53.1 Å². The molecule has 0 aliphatic rings. The van der Waals surface area contributed by atoms with Crippen molar-refractivity contribution in [3.8, 4) is 51.6 Å². The van der Waals surface area contributed by atoms with E-state index in [4.69, 9.17) is 85.7 Å². The van der Waals surface area contributed by atoms with E-state index in [2.05, 4.69) is 20.7 Å². The molecule has 82 heavy (non-hydrogen) atoms. The van der Waals surface area contributed by atoms with Crippen LogP contribution in [0.15, 0.2) is 153 Å². The predicted molar refractivity (Wildman–Crippen MR) is 303 cm³/mol. The minimum Gasteiger partial charge on any atom is -0.505 e. The van der Waals surface area contributed by atoms with Gasteiger partial charge in [-0.3, -0.25) is 19.2 Å². The number of aryl methyl sites for hydroxylation is 3. The molecule has 0 spiro atoms. The molecule has 0 aliphatic heterocycles. The highest BCUT2D eigenvalue weighted by Gasteiger charge is 2.20. The normalized spacial score (nSPS) is 10.1. The molecule has 24 heteroatoms. The van der Waals surface area contributed by atoms with E-state index >= 15 is 0 Å². The third-order valence-corrected chi connectivity index (χ3v) is 11.6. The Kier molecular flexibility index (Phi) is 26.6. The molecule has 0 atom stereocenters. The van der Waals surface area contributed by atoms with Gasteiger partial charge in [-0.25, -0.2) is 32.5 Å². The van der Waals surface area contributed by atoms with E-state index in [1.165, 1.54) is 11.8 Å². The van der Waals surface area contributed by atoms with E-state index in [0.717, 1.165) is 69.2 Å². The molecule has 9 rings (SSSR count). The standard InChI is InChI=1S/C18H14F2N2O3.C11H10ClNO2.C11H10ClNO.C8H9NO.C7H5F2NO2.C3H4Cl2O/c1-10-2-4-11(5-3-10)18-22-12(9-25-18)8-24-14-7-6-13(19)15(16(14)20)17(21)23;1-14-10-4-2-8(3-5-10)11-13-9(6-12)7-15-11;1-8-2-4-9(5-3-8)11-13-10(6-12)7-14-11;1-6-2-4-7(5-3-6)8(9)10;8-3-1-2-4(11)6(9)5(3)7(10)12;4-1-3(6)2-5/h2-7,9H,8H2,1H3,(H2,21,23);2-5,7H,6H2,1H3;2-5,7H,6H2,1H3;2-5H,1H3,(H2,9,10);1-2,11H,(H2,10,12);1-2H2. The van der Waals surface area contributed by atoms with Crippen LogP contribution in [0, 0.1) is 44.0 Å². The summed E-state index contributed by atoms with van der Waals surface area (Å²) in [4.78, 5) is 54.7. The average molecular weight is 1210 g/mol. The number of carbonyl (C=O) groups is 4. The molecule has 7 N–H and O–H groups in total. The first-order valence-corrected chi connectivity index (χ1v) is 25.9. The summed E-state index contributed by atoms with van der Waals surface area (Å²) in [5.74, 6) is -5.44. The number of phenolic OH excluding ortho intramolecular Hbond substituents is 1. The van der Waals surface area contributed by atoms with E-state index in [-0.39, 0.29) is 35.8 Å². The van der Waals surface area contributed by atoms with Crippen molar-refractivity contribution < 1.29 is 64.6 Å². The van der Waals surface area contributed by atoms with Crippen molar-refractivity contribution in [2.45, 2.75) is 39.1 Å². The summed E-state index contributed by atoms with van der Waals surface area (Å²) in [6.45, 7) is 5.86. The fourth-order valence-electron chi connectivity index (χ4n) is 6.18. The summed E-state index contributed by atoms with van der Waals surface area (Å²) < 4.78 is 79.1. The average Bonchev–Trinajstić information content (AvgIpc) is 4.29. The number of ether oxygens (including phenoxy) is 2. The van der Waals surface area contributed by atoms with Crippen LogP contribution >= 0.6 is 46.4 Å². The molecule has 0 unspecified atom stereocenters. The number of ketones is 1. The number of methoxy groups -OCH3 is 1. The Morgan fingerprint density at radius 1 is 0.512 bits per heavy atom. The van der Waals surface area contributed by atoms with Crippen LogP contribution in [0.1, 0.15) is 64.8 Å². The van der Waals surface area contributed by atoms with Crippen LogP contribution in [0.25, 0.3) is 34.4 Å². The Hall–Kier alpha value is -8.69. The van der Waals surface area contributed by atoms with E-state index in [1.54, 1.807) is 31.8 Å². The molecule has 6 aromatic carbocycles. The second kappa shape index (κ2) is 33.2. The van der Waals surface area contributed by atoms with Crippen LogP contribution < -0.4 is 26.7 Å². The van der Waals surface area contributed by atoms with Crippen LogP contribution in [-0.4, -0.2) is 62.4 Å². The highest BCUT2D eigenvalue weighted by Crippen LogP contribution is 2.27. The van der Waals surface area contributed by atoms with Crippen molar-refractivity contribution in [1.82, 2.24) is 15.0 Å². The highest BCUT2D eigenvalue weighted by molar-refractivity contribution is 6.35. The largest absolute Gasteiger partial charge is 0.505 e. The van der Waals surface area contributed by atoms with Gasteiger partial charge in [0.05, 0.1) is 42.0 Å². The molecule has 0 fully saturated rings. The zero-order chi connectivity index (χ0) is 60.5. The summed E-state index contributed by atoms with van der Waals surface area (Å²) in [6.07, 6.45) is 4.53. The molecule has 3 heterocycles. The van der Waals surface area contributed by atoms with E-state index in [9.17, 15) is 36.7 Å². The number of hydrogen-bond acceptors (Lipinski definition) is 13. The van der Waals surface area contributed by atoms with E-state index in [0.29, 0.717) is 40.7 Å². The van der Waals surface area contributed by atoms with Crippen molar-refractivity contribution in [1.29, 1.82) is 0 Å². The summed E-state index contributed by atoms with van der Waals surface area (Å²) in [5, 5.41) is 8.72. The summed E-state index contributed by atoms with van der Waals surface area (Å²) in [5.41, 5.74) is 21.5. The molecular weight excluding hydrogens is 1160 g/mol. The minimum absolute atomic E-state index is 0.0312. The third-order valence-electron chi connectivity index (χ3n) is 10.5. The first-order chi connectivity index (χ1) is 39.1. The summed E-state index contributed by atoms with van der Waals surface area (Å²) in [7, 11) is 1.63. The van der Waals surface area contributed by atoms with E-state index in [1.807, 2.05) is 106 Å². The maximum Gasteiger partial charge on any atom is 0.254 e. The number of benzene rings is 6. The van der Waals surface area contributed by atoms with Crippen molar-refractivity contribution in [2.75, 3.05) is 18.9 Å². The van der Waals surface area contributed by atoms with Crippen molar-refractivity contribution in [3.63, 3.8) is 0 Å². The summed E-state index contributed by atoms with van der Waals surface area (Å²) >= 11 is 21.3. The third kappa shape index (κ3) is 20.4. The number of Topliss-reactive ketones (excluding diaryl/α,β-unsaturated/α-hetero) is 1. The number of aromatic nitrogens is 3. The lowest BCUT2D eigenvalue weighted by atomic mass is 10.1. The first-order valence-electron chi connectivity index (χ1n) is 23.7. The lowest BCUT2D eigenvalue weighted by Crippen LogP contribution is -2.16. The fourth-order valence-corrected chi connectivity index (χ4v) is 6.71. The monoisotopic (exact) mass is 1210 g/mol. The smallest absolute Gasteiger partial charge is 0.254 e. The Morgan fingerprint density at radius 3 is 1.24 bits per heavy atom. The van der Waals surface area contributed by atoms with Gasteiger partial charge in [-0.2, -0.15) is 0 Å². The zero-order valence-electron chi connectivity index (χ0n) is 44.0. The molecule has 430 valence electrons. The number of nitrogens with zero attached hydrogens (tertiary/aromatic N) is 3. The van der Waals surface area contributed by atoms with Gasteiger partial charge in [0, 0.05) is 22.3 Å². The maximum absolute atomic E-state index is 14.1. The van der Waals surface area contributed by atoms with E-state index < -0.39 is 52.0 Å². The van der Waals surface area contributed by atoms with Gasteiger partial charge >= 0.3 is 0 Å². The number of phenols is 1. The molecule has 16 nitrogen and oxygen atoms in total. The second-order valence-corrected chi connectivity index (χ2v) is 17.8. The molecule has 3 amide bonds. The Morgan fingerprint density at radius 2 is 0.890 bits per heavy atom. The van der Waals surface area contributed by atoms with Gasteiger partial charge in [-0.05, 0) is 106 Å². The fraction of sp³-hybridized carbons (Fsp3) is 0.155. The number of hydrogen-bond donors (Lipinski definition) is 4. The maximum atomic E-state index is 14.1. The molecule has 0 radical (unpaired) electrons. The second-order valence-electron chi connectivity index (χ2n) is 16.7. The van der Waals surface area contributed by atoms with Crippen LogP contribution in [0.3, 0.4) is 0 Å². The molecule has 0 aliphatic carbocycles. The van der Waals surface area contributed by atoms with Gasteiger partial charge in [-0.15, -0.1) is 46.4 Å². The number of rotatable bonds is 14. The number of oxazole rings is 3. The van der Waals surface area contributed by atoms with Gasteiger partial charge in [0.25, 0.3) is 11.8 Å². The number of alkyl halides is 4. The number of halogens is 8. The van der Waals surface area contributed by atoms with Crippen LogP contribution in [0.2, 0.25) is 0 Å². The van der Waals surface area contributed by atoms with Gasteiger partial charge in [0.2, 0.25) is 23.6 Å². The number of carbonyl (C=O) groups excluding carboxylic acids is 4. The number of nitrogens with two attached hydrogens (primary N) is 3. The van der Waals surface area contributed by atoms with Gasteiger partial charge < -0.3 is 45.0 Å². The highest BCUT2D eigenvalue weighted by atomic mass is 35.5. The molecular formula is C58H52Cl4F4N6O10. The summed E-state index contributed by atoms with van der Waals surface area (Å²) in [6, 6.07) is 33.8. The quantitative estimate of drug-likeness (QED) is 0.0584. The molecule has 0 bridgehead atoms. The van der Waals surface area contributed by atoms with Gasteiger partial charge in [0.15, 0.2) is 28.9 Å². The minimum atomic E-state index is -1.33. The van der Waals surface area contributed by atoms with Crippen molar-refractivity contribution in [2.24, 2.45) is 17.2 Å². The molecule has 9 aromatic rings. The first kappa shape index (κ1) is 65.8. The SMILES string of the molecule is COc1ccc(-c2nc(CCl)co2)cc1.Cc1ccc(-c2nc(CCl)co2)cc1.Cc1ccc(-c2nc(COc3ccc(F)c(C(N)=O)c3F)co2)cc1.Cc1ccc(C(N)=O)cc1.NC(=O)c1c(F)ccc(O)c1F.O=C(CCl)CCl. The number of primary amides is 3. The van der Waals surface area contributed by atoms with Crippen molar-refractivity contribution >= 4 is 69.9 Å². The Balaban J connectivity index is 0.000000223. The molecule has 0 saturated heterocycles. The zero-order valence-corrected chi connectivity index (χ0v) is 47.1. The van der Waals surface area contributed by atoms with Gasteiger partial charge in [0.1, 0.15) is 59.6 Å². The van der Waals surface area contributed by atoms with Crippen LogP contribution in [-0.2, 0) is 23.2 Å². The number of amides is 3. The van der Waals surface area contributed by atoms with Crippen LogP contribution in [0.5, 0.6) is 17.2 Å². The molecule has 0 saturated carbocycles. The lowest BCUT2D eigenvalue weighted by Gasteiger charge is -2.08. The topological polar surface area (TPSA) is 263 Å². The van der Waals surface area contributed by atoms with Crippen LogP contribution in [0.4, 0.5) is 17.6 Å². The Bertz CT molecular complexity index is 3510. The predicted octanol–water partition coefficient (Wildman–Crippen LogP) is 13.0.